The SMILES string of the molecule is O[n+]1c2nc3[n-]c(nc4nc(nc5[n-]c(nc1-c1ccccc1-2)c1ccccc51)-c1ccccc1-4)c1ccccc31.[Ti+2]. The Kier molecular flexibility index (Phi) is 5.34. The van der Waals surface area contributed by atoms with E-state index in [9.17, 15) is 5.21 Å². The van der Waals surface area contributed by atoms with Crippen LogP contribution in [0.4, 0.5) is 0 Å². The molecule has 0 spiro atoms. The molecule has 1 N–H and O–H groups in total. The quantitative estimate of drug-likeness (QED) is 0.148. The first-order chi connectivity index (χ1) is 20.2. The second kappa shape index (κ2) is 9.14. The Morgan fingerprint density at radius 2 is 0.762 bits per heavy atom. The molecule has 0 radical (unpaired) electrons. The van der Waals surface area contributed by atoms with Gasteiger partial charge in [0.25, 0.3) is 0 Å². The molecule has 10 heteroatoms. The topological polar surface area (TPSA) is 117 Å². The third kappa shape index (κ3) is 3.47. The Labute approximate surface area is 252 Å². The van der Waals surface area contributed by atoms with Gasteiger partial charge in [-0.2, -0.15) is 0 Å². The first kappa shape index (κ1) is 24.5. The van der Waals surface area contributed by atoms with E-state index in [4.69, 9.17) is 34.9 Å². The number of benzene rings is 4. The average Bonchev–Trinajstić information content (AvgIpc) is 3.72. The van der Waals surface area contributed by atoms with Gasteiger partial charge in [-0.1, -0.05) is 97.1 Å². The summed E-state index contributed by atoms with van der Waals surface area (Å²) in [5, 5.41) is 14.8. The Morgan fingerprint density at radius 1 is 0.429 bits per heavy atom. The van der Waals surface area contributed by atoms with Crippen molar-refractivity contribution >= 4 is 44.1 Å². The van der Waals surface area contributed by atoms with Crippen LogP contribution in [0.15, 0.2) is 97.1 Å². The molecule has 5 heterocycles. The molecule has 0 saturated carbocycles. The molecule has 4 aromatic carbocycles. The van der Waals surface area contributed by atoms with Crippen LogP contribution in [0.3, 0.4) is 0 Å². The zero-order chi connectivity index (χ0) is 27.1. The van der Waals surface area contributed by atoms with Crippen LogP contribution in [0, 0.1) is 0 Å². The van der Waals surface area contributed by atoms with Crippen molar-refractivity contribution in [3.8, 4) is 45.6 Å². The summed E-state index contributed by atoms with van der Waals surface area (Å²) in [6.07, 6.45) is 0. The van der Waals surface area contributed by atoms with Crippen LogP contribution in [0.5, 0.6) is 0 Å². The molecule has 2 aliphatic heterocycles. The third-order valence-electron chi connectivity index (χ3n) is 7.52. The standard InChI is InChI=1S/C32H17N8O.Ti/c41-40-31-23-15-7-8-16-24(23)32(40)39-30-22-14-6-4-12-20(22)28(37-30)35-26-18-10-2-1-9-17(18)25(33-26)34-27-19-11-3-5-13-21(19)29(36-27)38-31;/h1-16,41H;/q-1;+2. The molecule has 7 aromatic rings. The maximum Gasteiger partial charge on any atom is 2.00 e. The number of fused-ring (bicyclic) bond motifs is 20. The van der Waals surface area contributed by atoms with E-state index < -0.39 is 0 Å². The van der Waals surface area contributed by atoms with Gasteiger partial charge >= 0.3 is 21.7 Å². The molecular weight excluding hydrogens is 560 g/mol. The molecular formula is C32H17N8OTi+. The van der Waals surface area contributed by atoms with Crippen molar-refractivity contribution in [2.75, 3.05) is 0 Å². The first-order valence-electron chi connectivity index (χ1n) is 13.1. The van der Waals surface area contributed by atoms with Crippen molar-refractivity contribution in [1.82, 2.24) is 34.9 Å². The molecule has 9 nitrogen and oxygen atoms in total. The van der Waals surface area contributed by atoms with Crippen molar-refractivity contribution in [2.24, 2.45) is 0 Å². The largest absolute Gasteiger partial charge is 2.00 e. The van der Waals surface area contributed by atoms with E-state index in [1.165, 1.54) is 0 Å². The molecule has 0 aliphatic carbocycles. The fourth-order valence-electron chi connectivity index (χ4n) is 5.61. The monoisotopic (exact) mass is 577 g/mol. The van der Waals surface area contributed by atoms with Crippen LogP contribution >= 0.6 is 0 Å². The van der Waals surface area contributed by atoms with Crippen LogP contribution in [0.1, 0.15) is 0 Å². The molecule has 3 aromatic heterocycles. The summed E-state index contributed by atoms with van der Waals surface area (Å²) in [6.45, 7) is 0. The predicted molar refractivity (Wildman–Crippen MR) is 154 cm³/mol. The van der Waals surface area contributed by atoms with Gasteiger partial charge in [-0.15, -0.1) is 4.73 Å². The van der Waals surface area contributed by atoms with E-state index >= 15 is 0 Å². The van der Waals surface area contributed by atoms with E-state index in [1.54, 1.807) is 0 Å². The second-order valence-electron chi connectivity index (χ2n) is 9.87. The van der Waals surface area contributed by atoms with Gasteiger partial charge < -0.3 is 35.1 Å². The van der Waals surface area contributed by atoms with E-state index in [2.05, 4.69) is 0 Å². The van der Waals surface area contributed by atoms with Gasteiger partial charge in [0, 0.05) is 44.8 Å². The third-order valence-corrected chi connectivity index (χ3v) is 7.52. The van der Waals surface area contributed by atoms with E-state index in [1.807, 2.05) is 97.1 Å². The molecule has 194 valence electrons. The maximum atomic E-state index is 11.5. The predicted octanol–water partition coefficient (Wildman–Crippen LogP) is 5.25. The van der Waals surface area contributed by atoms with Crippen molar-refractivity contribution < 1.29 is 31.7 Å². The Morgan fingerprint density at radius 3 is 1.17 bits per heavy atom. The fourth-order valence-corrected chi connectivity index (χ4v) is 5.61. The summed E-state index contributed by atoms with van der Waals surface area (Å²) in [7, 11) is 0. The summed E-state index contributed by atoms with van der Waals surface area (Å²) in [4.78, 5) is 34.1. The van der Waals surface area contributed by atoms with Crippen molar-refractivity contribution in [3.05, 3.63) is 97.1 Å². The van der Waals surface area contributed by atoms with Gasteiger partial charge in [0.05, 0.1) is 11.6 Å². The molecule has 8 bridgehead atoms. The van der Waals surface area contributed by atoms with Gasteiger partial charge in [-0.25, -0.2) is 4.98 Å². The van der Waals surface area contributed by atoms with Gasteiger partial charge in [0.15, 0.2) is 11.6 Å². The van der Waals surface area contributed by atoms with Crippen LogP contribution in [-0.2, 0) is 21.7 Å². The number of hydrogen-bond donors (Lipinski definition) is 1. The molecule has 0 amide bonds. The smallest absolute Gasteiger partial charge is 0.376 e. The zero-order valence-corrected chi connectivity index (χ0v) is 23.3. The molecule has 9 rings (SSSR count). The van der Waals surface area contributed by atoms with Gasteiger partial charge in [0.2, 0.25) is 0 Å². The molecule has 0 unspecified atom stereocenters. The first-order valence-corrected chi connectivity index (χ1v) is 13.1. The van der Waals surface area contributed by atoms with Crippen LogP contribution < -0.4 is 14.7 Å². The van der Waals surface area contributed by atoms with Crippen molar-refractivity contribution in [3.63, 3.8) is 0 Å². The van der Waals surface area contributed by atoms with Gasteiger partial charge in [-0.3, -0.25) is 0 Å². The van der Waals surface area contributed by atoms with E-state index in [-0.39, 0.29) is 21.7 Å². The van der Waals surface area contributed by atoms with E-state index in [0.29, 0.717) is 45.9 Å². The Balaban J connectivity index is 0.00000267. The van der Waals surface area contributed by atoms with Gasteiger partial charge in [0.1, 0.15) is 0 Å². The number of aromatic nitrogens is 8. The minimum atomic E-state index is 0. The molecule has 0 atom stereocenters. The summed E-state index contributed by atoms with van der Waals surface area (Å²) >= 11 is 0. The van der Waals surface area contributed by atoms with Crippen molar-refractivity contribution in [1.29, 1.82) is 0 Å². The molecule has 2 aliphatic rings. The van der Waals surface area contributed by atoms with Crippen molar-refractivity contribution in [2.45, 2.75) is 0 Å². The Bertz CT molecular complexity index is 2250. The molecule has 42 heavy (non-hydrogen) atoms. The average molecular weight is 577 g/mol. The number of nitrogens with zero attached hydrogens (tertiary/aromatic N) is 8. The second-order valence-corrected chi connectivity index (χ2v) is 9.87. The maximum absolute atomic E-state index is 11.5. The van der Waals surface area contributed by atoms with Crippen LogP contribution in [0.2, 0.25) is 0 Å². The summed E-state index contributed by atoms with van der Waals surface area (Å²) in [5.41, 5.74) is 5.06. The normalized spacial score (nSPS) is 11.7. The minimum absolute atomic E-state index is 0. The van der Waals surface area contributed by atoms with E-state index in [0.717, 1.165) is 48.5 Å². The Hall–Kier alpha value is -5.25. The fraction of sp³-hybridized carbons (Fsp3) is 0. The zero-order valence-electron chi connectivity index (χ0n) is 21.8. The summed E-state index contributed by atoms with van der Waals surface area (Å²) in [5.74, 6) is 1.67. The number of rotatable bonds is 0. The number of hydrogen-bond acceptors (Lipinski definition) is 6. The van der Waals surface area contributed by atoms with Crippen LogP contribution in [-0.4, -0.2) is 30.1 Å². The summed E-state index contributed by atoms with van der Waals surface area (Å²) in [6, 6.07) is 31.1. The minimum Gasteiger partial charge on any atom is -0.376 e. The van der Waals surface area contributed by atoms with Gasteiger partial charge in [-0.05, 0) is 21.5 Å². The molecule has 0 saturated heterocycles. The molecule has 0 fully saturated rings. The van der Waals surface area contributed by atoms with Crippen LogP contribution in [0.25, 0.3) is 89.7 Å². The summed E-state index contributed by atoms with van der Waals surface area (Å²) < 4.78 is 1.01.